The fourth-order valence-corrected chi connectivity index (χ4v) is 1.56. The number of aromatic nitrogens is 2. The van der Waals surface area contributed by atoms with Gasteiger partial charge in [-0.05, 0) is 32.2 Å². The molecule has 0 aromatic carbocycles. The van der Waals surface area contributed by atoms with Gasteiger partial charge in [-0.3, -0.25) is 4.68 Å². The predicted octanol–water partition coefficient (Wildman–Crippen LogP) is 1.23. The maximum absolute atomic E-state index is 4.30. The molecule has 13 heavy (non-hydrogen) atoms. The molecule has 1 heterocycles. The van der Waals surface area contributed by atoms with Crippen LogP contribution in [-0.4, -0.2) is 16.3 Å². The molecular formula is C10H17N3. The standard InChI is InChI=1S/C10H17N3/c1-8-10(7-13(2)12-8)6-11-5-9-3-4-9/h7,9,11H,3-6H2,1-2H3. The van der Waals surface area contributed by atoms with E-state index in [-0.39, 0.29) is 0 Å². The van der Waals surface area contributed by atoms with Crippen molar-refractivity contribution in [1.29, 1.82) is 0 Å². The lowest BCUT2D eigenvalue weighted by molar-refractivity contribution is 0.637. The number of aryl methyl sites for hydroxylation is 2. The van der Waals surface area contributed by atoms with Gasteiger partial charge >= 0.3 is 0 Å². The third kappa shape index (κ3) is 2.31. The first-order valence-corrected chi connectivity index (χ1v) is 4.95. The summed E-state index contributed by atoms with van der Waals surface area (Å²) in [6.07, 6.45) is 4.92. The van der Waals surface area contributed by atoms with Crippen LogP contribution in [-0.2, 0) is 13.6 Å². The first-order valence-electron chi connectivity index (χ1n) is 4.95. The van der Waals surface area contributed by atoms with Crippen molar-refractivity contribution in [3.8, 4) is 0 Å². The summed E-state index contributed by atoms with van der Waals surface area (Å²) in [5.74, 6) is 0.956. The first kappa shape index (κ1) is 8.75. The number of nitrogens with zero attached hydrogens (tertiary/aromatic N) is 2. The van der Waals surface area contributed by atoms with Gasteiger partial charge in [0, 0.05) is 25.4 Å². The Bertz CT molecular complexity index is 286. The Morgan fingerprint density at radius 2 is 2.38 bits per heavy atom. The van der Waals surface area contributed by atoms with E-state index in [9.17, 15) is 0 Å². The summed E-state index contributed by atoms with van der Waals surface area (Å²) in [5.41, 5.74) is 2.47. The Morgan fingerprint density at radius 1 is 1.62 bits per heavy atom. The molecule has 0 bridgehead atoms. The summed E-state index contributed by atoms with van der Waals surface area (Å²) in [6.45, 7) is 4.21. The molecule has 0 aliphatic heterocycles. The molecule has 0 amide bonds. The van der Waals surface area contributed by atoms with Crippen LogP contribution >= 0.6 is 0 Å². The van der Waals surface area contributed by atoms with Crippen molar-refractivity contribution in [3.05, 3.63) is 17.5 Å². The normalized spacial score (nSPS) is 16.5. The average molecular weight is 179 g/mol. The molecule has 0 atom stereocenters. The van der Waals surface area contributed by atoms with Crippen LogP contribution in [0.3, 0.4) is 0 Å². The van der Waals surface area contributed by atoms with Crippen LogP contribution in [0.1, 0.15) is 24.1 Å². The lowest BCUT2D eigenvalue weighted by atomic mass is 10.2. The summed E-state index contributed by atoms with van der Waals surface area (Å²) >= 11 is 0. The van der Waals surface area contributed by atoms with Crippen molar-refractivity contribution in [2.24, 2.45) is 13.0 Å². The molecule has 3 nitrogen and oxygen atoms in total. The van der Waals surface area contributed by atoms with E-state index in [1.54, 1.807) is 0 Å². The molecule has 3 heteroatoms. The van der Waals surface area contributed by atoms with Crippen LogP contribution in [0.2, 0.25) is 0 Å². The molecule has 1 aromatic heterocycles. The zero-order chi connectivity index (χ0) is 9.26. The zero-order valence-corrected chi connectivity index (χ0v) is 8.38. The summed E-state index contributed by atoms with van der Waals surface area (Å²) in [6, 6.07) is 0. The zero-order valence-electron chi connectivity index (χ0n) is 8.38. The largest absolute Gasteiger partial charge is 0.312 e. The molecule has 1 N–H and O–H groups in total. The highest BCUT2D eigenvalue weighted by molar-refractivity contribution is 5.14. The van der Waals surface area contributed by atoms with Crippen molar-refractivity contribution in [2.75, 3.05) is 6.54 Å². The molecule has 1 fully saturated rings. The van der Waals surface area contributed by atoms with Crippen molar-refractivity contribution in [3.63, 3.8) is 0 Å². The highest BCUT2D eigenvalue weighted by atomic mass is 15.2. The van der Waals surface area contributed by atoms with Crippen molar-refractivity contribution < 1.29 is 0 Å². The molecule has 0 unspecified atom stereocenters. The van der Waals surface area contributed by atoms with Crippen LogP contribution in [0.15, 0.2) is 6.20 Å². The molecule has 1 aliphatic carbocycles. The second-order valence-corrected chi connectivity index (χ2v) is 3.99. The minimum absolute atomic E-state index is 0.956. The van der Waals surface area contributed by atoms with Gasteiger partial charge in [-0.1, -0.05) is 0 Å². The van der Waals surface area contributed by atoms with Crippen LogP contribution in [0.25, 0.3) is 0 Å². The molecule has 0 radical (unpaired) electrons. The van der Waals surface area contributed by atoms with Gasteiger partial charge in [0.25, 0.3) is 0 Å². The molecule has 1 aliphatic rings. The van der Waals surface area contributed by atoms with Crippen molar-refractivity contribution in [2.45, 2.75) is 26.3 Å². The smallest absolute Gasteiger partial charge is 0.0638 e. The van der Waals surface area contributed by atoms with Crippen LogP contribution in [0.5, 0.6) is 0 Å². The Morgan fingerprint density at radius 3 is 2.92 bits per heavy atom. The van der Waals surface area contributed by atoms with E-state index in [1.165, 1.54) is 24.9 Å². The van der Waals surface area contributed by atoms with E-state index < -0.39 is 0 Å². The summed E-state index contributed by atoms with van der Waals surface area (Å²) in [7, 11) is 1.97. The highest BCUT2D eigenvalue weighted by Gasteiger charge is 2.20. The summed E-state index contributed by atoms with van der Waals surface area (Å²) in [5, 5.41) is 7.77. The molecule has 72 valence electrons. The Kier molecular flexibility index (Phi) is 2.36. The Hall–Kier alpha value is -0.830. The lowest BCUT2D eigenvalue weighted by Gasteiger charge is -2.00. The van der Waals surface area contributed by atoms with Crippen molar-refractivity contribution in [1.82, 2.24) is 15.1 Å². The number of nitrogens with one attached hydrogen (secondary N) is 1. The average Bonchev–Trinajstić information content (AvgIpc) is 2.81. The Labute approximate surface area is 79.1 Å². The van der Waals surface area contributed by atoms with Gasteiger partial charge in [0.1, 0.15) is 0 Å². The molecule has 0 spiro atoms. The second kappa shape index (κ2) is 3.50. The summed E-state index contributed by atoms with van der Waals surface area (Å²) < 4.78 is 1.88. The lowest BCUT2D eigenvalue weighted by Crippen LogP contribution is -2.16. The van der Waals surface area contributed by atoms with Gasteiger partial charge in [-0.2, -0.15) is 5.10 Å². The second-order valence-electron chi connectivity index (χ2n) is 3.99. The SMILES string of the molecule is Cc1nn(C)cc1CNCC1CC1. The molecule has 1 saturated carbocycles. The van der Waals surface area contributed by atoms with Gasteiger partial charge in [-0.25, -0.2) is 0 Å². The first-order chi connectivity index (χ1) is 6.25. The van der Waals surface area contributed by atoms with E-state index in [4.69, 9.17) is 0 Å². The maximum atomic E-state index is 4.30. The van der Waals surface area contributed by atoms with E-state index in [2.05, 4.69) is 23.5 Å². The number of hydrogen-bond acceptors (Lipinski definition) is 2. The van der Waals surface area contributed by atoms with Crippen LogP contribution in [0, 0.1) is 12.8 Å². The molecule has 2 rings (SSSR count). The van der Waals surface area contributed by atoms with Gasteiger partial charge < -0.3 is 5.32 Å². The van der Waals surface area contributed by atoms with E-state index in [0.717, 1.165) is 18.2 Å². The minimum Gasteiger partial charge on any atom is -0.312 e. The topological polar surface area (TPSA) is 29.9 Å². The molecule has 0 saturated heterocycles. The fourth-order valence-electron chi connectivity index (χ4n) is 1.56. The monoisotopic (exact) mass is 179 g/mol. The van der Waals surface area contributed by atoms with Crippen LogP contribution < -0.4 is 5.32 Å². The van der Waals surface area contributed by atoms with Gasteiger partial charge in [-0.15, -0.1) is 0 Å². The van der Waals surface area contributed by atoms with E-state index in [0.29, 0.717) is 0 Å². The van der Waals surface area contributed by atoms with Gasteiger partial charge in [0.05, 0.1) is 5.69 Å². The third-order valence-corrected chi connectivity index (χ3v) is 2.56. The number of rotatable bonds is 4. The third-order valence-electron chi connectivity index (χ3n) is 2.56. The van der Waals surface area contributed by atoms with E-state index in [1.807, 2.05) is 11.7 Å². The summed E-state index contributed by atoms with van der Waals surface area (Å²) in [4.78, 5) is 0. The Balaban J connectivity index is 1.81. The molecule has 1 aromatic rings. The van der Waals surface area contributed by atoms with E-state index >= 15 is 0 Å². The predicted molar refractivity (Wildman–Crippen MR) is 52.4 cm³/mol. The van der Waals surface area contributed by atoms with Gasteiger partial charge in [0.2, 0.25) is 0 Å². The minimum atomic E-state index is 0.956. The fraction of sp³-hybridized carbons (Fsp3) is 0.700. The number of hydrogen-bond donors (Lipinski definition) is 1. The quantitative estimate of drug-likeness (QED) is 0.753. The highest BCUT2D eigenvalue weighted by Crippen LogP contribution is 2.27. The van der Waals surface area contributed by atoms with Crippen molar-refractivity contribution >= 4 is 0 Å². The maximum Gasteiger partial charge on any atom is 0.0638 e. The van der Waals surface area contributed by atoms with Crippen LogP contribution in [0.4, 0.5) is 0 Å². The van der Waals surface area contributed by atoms with Gasteiger partial charge in [0.15, 0.2) is 0 Å². The molecular weight excluding hydrogens is 162 g/mol.